The van der Waals surface area contributed by atoms with Crippen molar-refractivity contribution in [1.29, 1.82) is 0 Å². The predicted molar refractivity (Wildman–Crippen MR) is 101 cm³/mol. The van der Waals surface area contributed by atoms with Gasteiger partial charge >= 0.3 is 0 Å². The summed E-state index contributed by atoms with van der Waals surface area (Å²) in [6.07, 6.45) is 3.72. The molecule has 0 saturated heterocycles. The van der Waals surface area contributed by atoms with E-state index in [0.717, 1.165) is 21.0 Å². The topological polar surface area (TPSA) is 61.5 Å². The Bertz CT molecular complexity index is 731. The maximum atomic E-state index is 5.61. The van der Waals surface area contributed by atoms with Crippen LogP contribution < -0.4 is 9.47 Å². The first-order valence-corrected chi connectivity index (χ1v) is 9.57. The quantitative estimate of drug-likeness (QED) is 0.504. The molecule has 1 aromatic carbocycles. The van der Waals surface area contributed by atoms with Gasteiger partial charge in [0, 0.05) is 5.92 Å². The standard InChI is InChI=1S/C16H21BrN4O2S/c1-6-23-14-12(17)7-11(8-13(14)22-4)9-18-21-15(10(2)3)19-20-16(21)24-5/h7-10H,6H2,1-5H3/b18-9-. The molecule has 0 aliphatic rings. The molecule has 0 unspecified atom stereocenters. The number of aromatic nitrogens is 3. The van der Waals surface area contributed by atoms with Crippen molar-refractivity contribution in [2.45, 2.75) is 31.8 Å². The van der Waals surface area contributed by atoms with Crippen molar-refractivity contribution < 1.29 is 9.47 Å². The monoisotopic (exact) mass is 412 g/mol. The molecule has 8 heteroatoms. The number of hydrogen-bond acceptors (Lipinski definition) is 6. The van der Waals surface area contributed by atoms with E-state index in [-0.39, 0.29) is 5.92 Å². The fraction of sp³-hybridized carbons (Fsp3) is 0.438. The second kappa shape index (κ2) is 8.53. The summed E-state index contributed by atoms with van der Waals surface area (Å²) in [5.41, 5.74) is 0.887. The molecule has 0 spiro atoms. The molecular weight excluding hydrogens is 392 g/mol. The molecule has 2 rings (SSSR count). The van der Waals surface area contributed by atoms with E-state index in [1.54, 1.807) is 18.0 Å². The van der Waals surface area contributed by atoms with Gasteiger partial charge in [0.05, 0.1) is 24.4 Å². The number of ether oxygens (including phenoxy) is 2. The minimum Gasteiger partial charge on any atom is -0.493 e. The normalized spacial score (nSPS) is 11.5. The van der Waals surface area contributed by atoms with Gasteiger partial charge in [0.2, 0.25) is 5.16 Å². The lowest BCUT2D eigenvalue weighted by atomic mass is 10.2. The Balaban J connectivity index is 2.39. The summed E-state index contributed by atoms with van der Waals surface area (Å²) in [5, 5.41) is 13.7. The van der Waals surface area contributed by atoms with E-state index in [1.807, 2.05) is 25.3 Å². The molecular formula is C16H21BrN4O2S. The Kier molecular flexibility index (Phi) is 6.68. The number of benzene rings is 1. The molecule has 2 aromatic rings. The van der Waals surface area contributed by atoms with Crippen molar-refractivity contribution in [3.8, 4) is 11.5 Å². The summed E-state index contributed by atoms with van der Waals surface area (Å²) < 4.78 is 13.6. The molecule has 0 N–H and O–H groups in total. The summed E-state index contributed by atoms with van der Waals surface area (Å²) in [4.78, 5) is 0. The minimum absolute atomic E-state index is 0.233. The van der Waals surface area contributed by atoms with Crippen LogP contribution in [0.2, 0.25) is 0 Å². The summed E-state index contributed by atoms with van der Waals surface area (Å²) in [5.74, 6) is 2.41. The molecule has 0 fully saturated rings. The van der Waals surface area contributed by atoms with E-state index in [4.69, 9.17) is 9.47 Å². The van der Waals surface area contributed by atoms with Crippen molar-refractivity contribution >= 4 is 33.9 Å². The summed E-state index contributed by atoms with van der Waals surface area (Å²) >= 11 is 5.03. The third-order valence-corrected chi connectivity index (χ3v) is 4.41. The van der Waals surface area contributed by atoms with Gasteiger partial charge in [-0.1, -0.05) is 25.6 Å². The Morgan fingerprint density at radius 2 is 2.12 bits per heavy atom. The molecule has 1 aromatic heterocycles. The lowest BCUT2D eigenvalue weighted by Crippen LogP contribution is -2.02. The van der Waals surface area contributed by atoms with Gasteiger partial charge in [0.15, 0.2) is 17.3 Å². The van der Waals surface area contributed by atoms with Crippen LogP contribution in [0.15, 0.2) is 26.9 Å². The first kappa shape index (κ1) is 18.8. The van der Waals surface area contributed by atoms with E-state index < -0.39 is 0 Å². The SMILES string of the molecule is CCOc1c(Br)cc(/C=N\n2c(SC)nnc2C(C)C)cc1OC. The molecule has 0 amide bonds. The molecule has 0 saturated carbocycles. The van der Waals surface area contributed by atoms with Crippen LogP contribution in [0.1, 0.15) is 38.1 Å². The number of nitrogens with zero attached hydrogens (tertiary/aromatic N) is 4. The first-order chi connectivity index (χ1) is 11.5. The zero-order valence-electron chi connectivity index (χ0n) is 14.4. The maximum Gasteiger partial charge on any atom is 0.211 e. The Morgan fingerprint density at radius 1 is 1.38 bits per heavy atom. The molecule has 6 nitrogen and oxygen atoms in total. The highest BCUT2D eigenvalue weighted by molar-refractivity contribution is 9.10. The summed E-state index contributed by atoms with van der Waals surface area (Å²) in [7, 11) is 1.62. The molecule has 1 heterocycles. The molecule has 130 valence electrons. The minimum atomic E-state index is 0.233. The third-order valence-electron chi connectivity index (χ3n) is 3.20. The highest BCUT2D eigenvalue weighted by atomic mass is 79.9. The van der Waals surface area contributed by atoms with Gasteiger partial charge in [-0.25, -0.2) is 0 Å². The van der Waals surface area contributed by atoms with Gasteiger partial charge in [-0.2, -0.15) is 9.78 Å². The zero-order chi connectivity index (χ0) is 17.7. The van der Waals surface area contributed by atoms with E-state index >= 15 is 0 Å². The maximum absolute atomic E-state index is 5.61. The van der Waals surface area contributed by atoms with Crippen LogP contribution in [-0.2, 0) is 0 Å². The number of hydrogen-bond donors (Lipinski definition) is 0. The molecule has 0 bridgehead atoms. The molecule has 0 atom stereocenters. The fourth-order valence-electron chi connectivity index (χ4n) is 2.10. The van der Waals surface area contributed by atoms with Crippen molar-refractivity contribution in [3.63, 3.8) is 0 Å². The van der Waals surface area contributed by atoms with E-state index in [9.17, 15) is 0 Å². The zero-order valence-corrected chi connectivity index (χ0v) is 16.8. The van der Waals surface area contributed by atoms with Crippen LogP contribution in [-0.4, -0.2) is 41.1 Å². The van der Waals surface area contributed by atoms with Crippen LogP contribution in [0.25, 0.3) is 0 Å². The number of halogens is 1. The van der Waals surface area contributed by atoms with Crippen LogP contribution >= 0.6 is 27.7 Å². The van der Waals surface area contributed by atoms with Crippen molar-refractivity contribution in [1.82, 2.24) is 14.9 Å². The summed E-state index contributed by atoms with van der Waals surface area (Å²) in [6, 6.07) is 3.83. The van der Waals surface area contributed by atoms with Gasteiger partial charge in [0.1, 0.15) is 0 Å². The lowest BCUT2D eigenvalue weighted by molar-refractivity contribution is 0.309. The first-order valence-electron chi connectivity index (χ1n) is 7.55. The largest absolute Gasteiger partial charge is 0.493 e. The Labute approximate surface area is 154 Å². The van der Waals surface area contributed by atoms with Crippen LogP contribution in [0, 0.1) is 0 Å². The molecule has 24 heavy (non-hydrogen) atoms. The van der Waals surface area contributed by atoms with Gasteiger partial charge in [0.25, 0.3) is 0 Å². The number of rotatable bonds is 7. The molecule has 0 aliphatic carbocycles. The number of thioether (sulfide) groups is 1. The average molecular weight is 413 g/mol. The average Bonchev–Trinajstić information content (AvgIpc) is 2.98. The second-order valence-electron chi connectivity index (χ2n) is 5.22. The highest BCUT2D eigenvalue weighted by Crippen LogP contribution is 2.36. The number of methoxy groups -OCH3 is 1. The van der Waals surface area contributed by atoms with Gasteiger partial charge in [-0.3, -0.25) is 0 Å². The van der Waals surface area contributed by atoms with Gasteiger partial charge < -0.3 is 9.47 Å². The smallest absolute Gasteiger partial charge is 0.211 e. The van der Waals surface area contributed by atoms with Crippen molar-refractivity contribution in [3.05, 3.63) is 28.0 Å². The summed E-state index contributed by atoms with van der Waals surface area (Å²) in [6.45, 7) is 6.63. The molecule has 0 aliphatic heterocycles. The van der Waals surface area contributed by atoms with Crippen molar-refractivity contribution in [2.75, 3.05) is 20.0 Å². The molecule has 0 radical (unpaired) electrons. The lowest BCUT2D eigenvalue weighted by Gasteiger charge is -2.12. The van der Waals surface area contributed by atoms with E-state index in [0.29, 0.717) is 18.1 Å². The Morgan fingerprint density at radius 3 is 2.71 bits per heavy atom. The fourth-order valence-corrected chi connectivity index (χ4v) is 3.11. The van der Waals surface area contributed by atoms with E-state index in [1.165, 1.54) is 11.8 Å². The van der Waals surface area contributed by atoms with E-state index in [2.05, 4.69) is 45.1 Å². The third kappa shape index (κ3) is 4.10. The Hall–Kier alpha value is -1.54. The van der Waals surface area contributed by atoms with Crippen LogP contribution in [0.4, 0.5) is 0 Å². The second-order valence-corrected chi connectivity index (χ2v) is 6.85. The van der Waals surface area contributed by atoms with Gasteiger partial charge in [-0.15, -0.1) is 10.2 Å². The van der Waals surface area contributed by atoms with Crippen LogP contribution in [0.5, 0.6) is 11.5 Å². The van der Waals surface area contributed by atoms with Crippen LogP contribution in [0.3, 0.4) is 0 Å². The predicted octanol–water partition coefficient (Wildman–Crippen LogP) is 4.18. The van der Waals surface area contributed by atoms with Crippen molar-refractivity contribution in [2.24, 2.45) is 5.10 Å². The highest BCUT2D eigenvalue weighted by Gasteiger charge is 2.14. The van der Waals surface area contributed by atoms with Gasteiger partial charge in [-0.05, 0) is 46.8 Å².